The molecule has 0 fully saturated rings. The summed E-state index contributed by atoms with van der Waals surface area (Å²) in [7, 11) is 0. The minimum Gasteiger partial charge on any atom is -0.352 e. The van der Waals surface area contributed by atoms with E-state index in [1.165, 1.54) is 0 Å². The number of halogens is 1. The average Bonchev–Trinajstić information content (AvgIpc) is 2.21. The van der Waals surface area contributed by atoms with Crippen LogP contribution in [0.5, 0.6) is 0 Å². The van der Waals surface area contributed by atoms with E-state index in [0.29, 0.717) is 17.4 Å². The van der Waals surface area contributed by atoms with Crippen LogP contribution in [0.2, 0.25) is 0 Å². The topological polar surface area (TPSA) is 46.2 Å². The van der Waals surface area contributed by atoms with Crippen LogP contribution in [0.3, 0.4) is 0 Å². The molecule has 1 amide bonds. The van der Waals surface area contributed by atoms with Crippen LogP contribution in [0.15, 0.2) is 11.1 Å². The van der Waals surface area contributed by atoms with Gasteiger partial charge in [0.25, 0.3) is 5.91 Å². The number of hydrogen-bond donors (Lipinski definition) is 1. The van der Waals surface area contributed by atoms with Crippen LogP contribution in [-0.4, -0.2) is 18.2 Å². The highest BCUT2D eigenvalue weighted by atomic mass is 79.9. The molecule has 15 heavy (non-hydrogen) atoms. The van der Waals surface area contributed by atoms with Crippen LogP contribution < -0.4 is 5.32 Å². The van der Waals surface area contributed by atoms with Crippen molar-refractivity contribution in [2.75, 3.05) is 6.54 Å². The van der Waals surface area contributed by atoms with E-state index in [2.05, 4.69) is 27.8 Å². The van der Waals surface area contributed by atoms with Crippen molar-refractivity contribution in [1.29, 1.82) is 0 Å². The Bertz CT molecular complexity index is 267. The van der Waals surface area contributed by atoms with Crippen molar-refractivity contribution in [3.05, 3.63) is 11.1 Å². The molecular weight excluding hydrogens is 258 g/mol. The molecule has 0 bridgehead atoms. The summed E-state index contributed by atoms with van der Waals surface area (Å²) in [5, 5.41) is 2.69. The number of rotatable bonds is 8. The van der Waals surface area contributed by atoms with Crippen molar-refractivity contribution in [2.24, 2.45) is 0 Å². The van der Waals surface area contributed by atoms with E-state index >= 15 is 0 Å². The van der Waals surface area contributed by atoms with Gasteiger partial charge in [-0.15, -0.1) is 0 Å². The third-order valence-electron chi connectivity index (χ3n) is 1.95. The first-order chi connectivity index (χ1) is 7.45. The van der Waals surface area contributed by atoms with E-state index in [4.69, 9.17) is 1.37 Å². The zero-order valence-corrected chi connectivity index (χ0v) is 10.6. The van der Waals surface area contributed by atoms with E-state index in [1.807, 2.05) is 0 Å². The molecule has 0 aromatic rings. The minimum atomic E-state index is -0.614. The molecule has 0 aliphatic carbocycles. The summed E-state index contributed by atoms with van der Waals surface area (Å²) in [6.45, 7) is 5.63. The van der Waals surface area contributed by atoms with Gasteiger partial charge in [0.2, 0.25) is 0 Å². The van der Waals surface area contributed by atoms with Crippen LogP contribution in [-0.2, 0) is 9.59 Å². The second-order valence-corrected chi connectivity index (χ2v) is 4.18. The van der Waals surface area contributed by atoms with Crippen LogP contribution in [0, 0.1) is 0 Å². The molecule has 1 unspecified atom stereocenters. The number of unbranched alkanes of at least 4 members (excludes halogenated alkanes) is 2. The van der Waals surface area contributed by atoms with Gasteiger partial charge in [-0.05, 0) is 28.8 Å². The Labute approximate surface area is 101 Å². The maximum Gasteiger partial charge on any atom is 0.257 e. The fraction of sp³-hybridized carbons (Fsp3) is 0.636. The molecule has 0 aliphatic rings. The van der Waals surface area contributed by atoms with Gasteiger partial charge >= 0.3 is 0 Å². The highest BCUT2D eigenvalue weighted by Crippen LogP contribution is 2.03. The fourth-order valence-electron chi connectivity index (χ4n) is 1.04. The molecule has 0 aromatic heterocycles. The zero-order valence-electron chi connectivity index (χ0n) is 10.0. The van der Waals surface area contributed by atoms with Gasteiger partial charge in [0.05, 0.1) is 4.48 Å². The van der Waals surface area contributed by atoms with E-state index in [1.54, 1.807) is 6.92 Å². The predicted octanol–water partition coefficient (Wildman–Crippen LogP) is 2.55. The SMILES string of the molecule is [3H]C(C)C(=O)CCCCCNC(=O)C(=C)Br. The van der Waals surface area contributed by atoms with Crippen LogP contribution >= 0.6 is 15.9 Å². The lowest BCUT2D eigenvalue weighted by atomic mass is 10.1. The van der Waals surface area contributed by atoms with Gasteiger partial charge in [-0.2, -0.15) is 0 Å². The Hall–Kier alpha value is -0.640. The summed E-state index contributed by atoms with van der Waals surface area (Å²) >= 11 is 2.99. The van der Waals surface area contributed by atoms with Gasteiger partial charge in [0.15, 0.2) is 0 Å². The molecule has 0 aromatic carbocycles. The Morgan fingerprint density at radius 2 is 2.07 bits per heavy atom. The minimum absolute atomic E-state index is 0.0159. The summed E-state index contributed by atoms with van der Waals surface area (Å²) in [5.41, 5.74) is 0. The molecule has 0 saturated carbocycles. The molecule has 0 spiro atoms. The summed E-state index contributed by atoms with van der Waals surface area (Å²) < 4.78 is 7.51. The van der Waals surface area contributed by atoms with Crippen molar-refractivity contribution >= 4 is 27.6 Å². The van der Waals surface area contributed by atoms with E-state index < -0.39 is 6.40 Å². The second kappa shape index (κ2) is 8.65. The zero-order chi connectivity index (χ0) is 12.6. The third-order valence-corrected chi connectivity index (χ3v) is 2.31. The first-order valence-corrected chi connectivity index (χ1v) is 5.82. The average molecular weight is 278 g/mol. The first-order valence-electron chi connectivity index (χ1n) is 5.60. The molecule has 1 N–H and O–H groups in total. The van der Waals surface area contributed by atoms with Crippen molar-refractivity contribution in [1.82, 2.24) is 5.32 Å². The molecule has 0 rings (SSSR count). The van der Waals surface area contributed by atoms with Gasteiger partial charge in [-0.1, -0.05) is 19.9 Å². The fourth-order valence-corrected chi connectivity index (χ4v) is 1.18. The highest BCUT2D eigenvalue weighted by Gasteiger charge is 2.01. The molecule has 1 atom stereocenters. The van der Waals surface area contributed by atoms with Gasteiger partial charge in [-0.25, -0.2) is 0 Å². The Morgan fingerprint density at radius 1 is 1.40 bits per heavy atom. The standard InChI is InChI=1S/C11H18BrNO2/c1-3-10(14)7-5-4-6-8-13-11(15)9(2)12/h2-8H2,1H3,(H,13,15)/i3T. The van der Waals surface area contributed by atoms with Crippen molar-refractivity contribution in [2.45, 2.75) is 39.0 Å². The molecule has 4 heteroatoms. The highest BCUT2D eigenvalue weighted by molar-refractivity contribution is 9.12. The van der Waals surface area contributed by atoms with Crippen molar-refractivity contribution in [3.8, 4) is 0 Å². The predicted molar refractivity (Wildman–Crippen MR) is 64.8 cm³/mol. The van der Waals surface area contributed by atoms with Crippen molar-refractivity contribution < 1.29 is 11.0 Å². The maximum atomic E-state index is 11.1. The number of nitrogens with one attached hydrogen (secondary N) is 1. The number of carbonyl (C=O) groups is 2. The summed E-state index contributed by atoms with van der Waals surface area (Å²) in [6.07, 6.45) is 2.35. The number of amides is 1. The van der Waals surface area contributed by atoms with Gasteiger partial charge in [0, 0.05) is 20.7 Å². The quantitative estimate of drug-likeness (QED) is 0.548. The Morgan fingerprint density at radius 3 is 2.60 bits per heavy atom. The lowest BCUT2D eigenvalue weighted by Gasteiger charge is -2.03. The smallest absolute Gasteiger partial charge is 0.257 e. The van der Waals surface area contributed by atoms with Crippen LogP contribution in [0.4, 0.5) is 0 Å². The van der Waals surface area contributed by atoms with Crippen molar-refractivity contribution in [3.63, 3.8) is 0 Å². The third kappa shape index (κ3) is 8.36. The lowest BCUT2D eigenvalue weighted by Crippen LogP contribution is -2.23. The monoisotopic (exact) mass is 277 g/mol. The first kappa shape index (κ1) is 12.4. The molecular formula is C11H18BrNO2. The number of Topliss-reactive ketones (excluding diaryl/α,β-unsaturated/α-hetero) is 1. The Balaban J connectivity index is 3.38. The lowest BCUT2D eigenvalue weighted by molar-refractivity contribution is -0.119. The normalized spacial score (nSPS) is 12.8. The maximum absolute atomic E-state index is 11.1. The van der Waals surface area contributed by atoms with E-state index in [-0.39, 0.29) is 11.7 Å². The van der Waals surface area contributed by atoms with Gasteiger partial charge < -0.3 is 5.32 Å². The molecule has 0 saturated heterocycles. The molecule has 0 heterocycles. The van der Waals surface area contributed by atoms with E-state index in [0.717, 1.165) is 19.3 Å². The van der Waals surface area contributed by atoms with Crippen LogP contribution in [0.1, 0.15) is 40.4 Å². The summed E-state index contributed by atoms with van der Waals surface area (Å²) in [5.74, 6) is -0.214. The summed E-state index contributed by atoms with van der Waals surface area (Å²) in [6, 6.07) is 0. The number of carbonyl (C=O) groups excluding carboxylic acids is 2. The van der Waals surface area contributed by atoms with E-state index in [9.17, 15) is 9.59 Å². The van der Waals surface area contributed by atoms with Gasteiger partial charge in [0.1, 0.15) is 5.78 Å². The largest absolute Gasteiger partial charge is 0.352 e. The summed E-state index contributed by atoms with van der Waals surface area (Å²) in [4.78, 5) is 22.1. The molecule has 86 valence electrons. The Kier molecular flexibility index (Phi) is 7.17. The number of ketones is 1. The number of hydrogen-bond acceptors (Lipinski definition) is 2. The van der Waals surface area contributed by atoms with Gasteiger partial charge in [-0.3, -0.25) is 9.59 Å². The van der Waals surface area contributed by atoms with Crippen LogP contribution in [0.25, 0.3) is 0 Å². The molecule has 0 radical (unpaired) electrons. The molecule has 3 nitrogen and oxygen atoms in total. The second-order valence-electron chi connectivity index (χ2n) is 3.23. The molecule has 0 aliphatic heterocycles.